The van der Waals surface area contributed by atoms with Crippen LogP contribution in [0.15, 0.2) is 30.3 Å². The van der Waals surface area contributed by atoms with Gasteiger partial charge in [-0.15, -0.1) is 0 Å². The number of benzene rings is 1. The standard InChI is InChI=1S/C20H30N2O6.C2HF3O2/c1-20(2,3)28-19(24)22-12-14-15(25-4)16(26-5)17(27-14)18(23)21-11-13-9-7-6-8-10-13;3-2(4,5)1(6)7/h6-10,14-17H,11-12H2,1-5H3,(H,21,23)(H,22,24);(H,6,7)/t14-,15-,16+,17-;/m1./s1. The third-order valence-electron chi connectivity index (χ3n) is 4.51. The van der Waals surface area contributed by atoms with Gasteiger partial charge in [0.1, 0.15) is 23.9 Å². The number of carboxylic acids is 1. The molecule has 1 aliphatic rings. The molecule has 10 nitrogen and oxygen atoms in total. The van der Waals surface area contributed by atoms with Gasteiger partial charge >= 0.3 is 18.2 Å². The van der Waals surface area contributed by atoms with Crippen LogP contribution in [-0.2, 0) is 35.1 Å². The van der Waals surface area contributed by atoms with Crippen LogP contribution < -0.4 is 10.6 Å². The van der Waals surface area contributed by atoms with E-state index in [0.717, 1.165) is 5.56 Å². The lowest BCUT2D eigenvalue weighted by atomic mass is 10.1. The molecule has 0 radical (unpaired) electrons. The molecule has 1 fully saturated rings. The predicted octanol–water partition coefficient (Wildman–Crippen LogP) is 2.26. The van der Waals surface area contributed by atoms with E-state index in [0.29, 0.717) is 6.54 Å². The van der Waals surface area contributed by atoms with Crippen LogP contribution in [0.3, 0.4) is 0 Å². The molecular weight excluding hydrogens is 477 g/mol. The summed E-state index contributed by atoms with van der Waals surface area (Å²) in [5.41, 5.74) is 0.380. The average molecular weight is 508 g/mol. The number of carbonyl (C=O) groups is 3. The highest BCUT2D eigenvalue weighted by atomic mass is 19.4. The monoisotopic (exact) mass is 508 g/mol. The summed E-state index contributed by atoms with van der Waals surface area (Å²) in [5.74, 6) is -3.05. The van der Waals surface area contributed by atoms with Gasteiger partial charge in [-0.2, -0.15) is 13.2 Å². The number of alkyl halides is 3. The predicted molar refractivity (Wildman–Crippen MR) is 116 cm³/mol. The van der Waals surface area contributed by atoms with E-state index in [4.69, 9.17) is 28.8 Å². The third kappa shape index (κ3) is 10.5. The minimum absolute atomic E-state index is 0.135. The number of hydrogen-bond donors (Lipinski definition) is 3. The smallest absolute Gasteiger partial charge is 0.475 e. The third-order valence-corrected chi connectivity index (χ3v) is 4.51. The molecule has 0 saturated carbocycles. The molecule has 2 rings (SSSR count). The molecule has 35 heavy (non-hydrogen) atoms. The zero-order valence-electron chi connectivity index (χ0n) is 20.0. The lowest BCUT2D eigenvalue weighted by molar-refractivity contribution is -0.192. The SMILES string of the molecule is CO[C@H]1[C@H](OC)[C@H](C(=O)NCc2ccccc2)O[C@@H]1CNC(=O)OC(C)(C)C.O=C(O)C(F)(F)F. The number of aliphatic carboxylic acids is 1. The Morgan fingerprint density at radius 3 is 2.00 bits per heavy atom. The molecule has 0 spiro atoms. The number of halogens is 3. The van der Waals surface area contributed by atoms with E-state index in [1.54, 1.807) is 20.8 Å². The van der Waals surface area contributed by atoms with Crippen molar-refractivity contribution < 1.29 is 51.6 Å². The van der Waals surface area contributed by atoms with Crippen molar-refractivity contribution in [3.8, 4) is 0 Å². The Labute approximate surface area is 201 Å². The number of alkyl carbamates (subject to hydrolysis) is 1. The van der Waals surface area contributed by atoms with Gasteiger partial charge < -0.3 is 34.7 Å². The maximum atomic E-state index is 12.6. The number of methoxy groups -OCH3 is 2. The first kappa shape index (κ1) is 30.1. The number of nitrogens with one attached hydrogen (secondary N) is 2. The van der Waals surface area contributed by atoms with Crippen molar-refractivity contribution in [2.75, 3.05) is 20.8 Å². The van der Waals surface area contributed by atoms with Gasteiger partial charge in [-0.1, -0.05) is 30.3 Å². The van der Waals surface area contributed by atoms with Crippen LogP contribution in [0.25, 0.3) is 0 Å². The number of carboxylic acid groups (broad SMARTS) is 1. The highest BCUT2D eigenvalue weighted by molar-refractivity contribution is 5.82. The van der Waals surface area contributed by atoms with Crippen LogP contribution >= 0.6 is 0 Å². The van der Waals surface area contributed by atoms with Gasteiger partial charge in [-0.3, -0.25) is 4.79 Å². The van der Waals surface area contributed by atoms with E-state index in [-0.39, 0.29) is 12.5 Å². The summed E-state index contributed by atoms with van der Waals surface area (Å²) in [6.07, 6.45) is -8.13. The van der Waals surface area contributed by atoms with Crippen molar-refractivity contribution in [1.82, 2.24) is 10.6 Å². The fraction of sp³-hybridized carbons (Fsp3) is 0.591. The first-order valence-electron chi connectivity index (χ1n) is 10.5. The first-order chi connectivity index (χ1) is 16.2. The van der Waals surface area contributed by atoms with Gasteiger partial charge in [0.25, 0.3) is 5.91 Å². The molecule has 0 aliphatic carbocycles. The molecule has 4 atom stereocenters. The summed E-state index contributed by atoms with van der Waals surface area (Å²) in [4.78, 5) is 33.4. The van der Waals surface area contributed by atoms with Gasteiger partial charge in [-0.25, -0.2) is 9.59 Å². The molecule has 0 bridgehead atoms. The van der Waals surface area contributed by atoms with Gasteiger partial charge in [0.2, 0.25) is 0 Å². The van der Waals surface area contributed by atoms with Crippen molar-refractivity contribution >= 4 is 18.0 Å². The minimum atomic E-state index is -5.08. The Bertz CT molecular complexity index is 830. The highest BCUT2D eigenvalue weighted by Crippen LogP contribution is 2.26. The van der Waals surface area contributed by atoms with Crippen LogP contribution in [0.4, 0.5) is 18.0 Å². The maximum absolute atomic E-state index is 12.6. The van der Waals surface area contributed by atoms with Crippen molar-refractivity contribution in [3.63, 3.8) is 0 Å². The Balaban J connectivity index is 0.000000762. The zero-order chi connectivity index (χ0) is 26.8. The summed E-state index contributed by atoms with van der Waals surface area (Å²) in [6.45, 7) is 5.87. The minimum Gasteiger partial charge on any atom is -0.475 e. The molecule has 198 valence electrons. The second-order valence-corrected chi connectivity index (χ2v) is 8.38. The summed E-state index contributed by atoms with van der Waals surface area (Å²) in [7, 11) is 3.02. The number of rotatable bonds is 7. The average Bonchev–Trinajstić information content (AvgIpc) is 3.13. The largest absolute Gasteiger partial charge is 0.490 e. The van der Waals surface area contributed by atoms with E-state index in [1.165, 1.54) is 14.2 Å². The second-order valence-electron chi connectivity index (χ2n) is 8.38. The van der Waals surface area contributed by atoms with Crippen LogP contribution in [0, 0.1) is 0 Å². The fourth-order valence-corrected chi connectivity index (χ4v) is 3.03. The van der Waals surface area contributed by atoms with Gasteiger partial charge in [0.15, 0.2) is 6.10 Å². The van der Waals surface area contributed by atoms with Gasteiger partial charge in [0, 0.05) is 27.3 Å². The molecule has 3 N–H and O–H groups in total. The van der Waals surface area contributed by atoms with Gasteiger partial charge in [0.05, 0.1) is 0 Å². The molecule has 1 heterocycles. The number of ether oxygens (including phenoxy) is 4. The molecule has 13 heteroatoms. The quantitative estimate of drug-likeness (QED) is 0.511. The van der Waals surface area contributed by atoms with Crippen LogP contribution in [0.5, 0.6) is 0 Å². The maximum Gasteiger partial charge on any atom is 0.490 e. The van der Waals surface area contributed by atoms with Crippen molar-refractivity contribution in [3.05, 3.63) is 35.9 Å². The Kier molecular flexibility index (Phi) is 11.4. The van der Waals surface area contributed by atoms with E-state index in [9.17, 15) is 22.8 Å². The van der Waals surface area contributed by atoms with E-state index < -0.39 is 48.3 Å². The molecule has 2 amide bonds. The summed E-state index contributed by atoms with van der Waals surface area (Å²) >= 11 is 0. The lowest BCUT2D eigenvalue weighted by Gasteiger charge is -2.23. The molecule has 0 aromatic heterocycles. The fourth-order valence-electron chi connectivity index (χ4n) is 3.03. The molecule has 1 aliphatic heterocycles. The van der Waals surface area contributed by atoms with Crippen molar-refractivity contribution in [2.45, 2.75) is 63.5 Å². The summed E-state index contributed by atoms with van der Waals surface area (Å²) in [5, 5.41) is 12.6. The molecule has 0 unspecified atom stereocenters. The number of amides is 2. The normalized spacial score (nSPS) is 21.9. The Morgan fingerprint density at radius 1 is 1.00 bits per heavy atom. The van der Waals surface area contributed by atoms with Crippen LogP contribution in [-0.4, -0.2) is 80.0 Å². The number of hydrogen-bond acceptors (Lipinski definition) is 7. The Hall–Kier alpha value is -2.90. The molecule has 1 saturated heterocycles. The van der Waals surface area contributed by atoms with Gasteiger partial charge in [-0.05, 0) is 26.3 Å². The van der Waals surface area contributed by atoms with E-state index >= 15 is 0 Å². The van der Waals surface area contributed by atoms with E-state index in [1.807, 2.05) is 30.3 Å². The summed E-state index contributed by atoms with van der Waals surface area (Å²) < 4.78 is 53.8. The van der Waals surface area contributed by atoms with Crippen molar-refractivity contribution in [2.24, 2.45) is 0 Å². The van der Waals surface area contributed by atoms with E-state index in [2.05, 4.69) is 10.6 Å². The molecular formula is C22H31F3N2O8. The van der Waals surface area contributed by atoms with Crippen LogP contribution in [0.1, 0.15) is 26.3 Å². The van der Waals surface area contributed by atoms with Crippen LogP contribution in [0.2, 0.25) is 0 Å². The topological polar surface area (TPSA) is 132 Å². The molecule has 1 aromatic rings. The van der Waals surface area contributed by atoms with Crippen molar-refractivity contribution in [1.29, 1.82) is 0 Å². The summed E-state index contributed by atoms with van der Waals surface area (Å²) in [6, 6.07) is 9.58. The number of carbonyl (C=O) groups excluding carboxylic acids is 2. The Morgan fingerprint density at radius 2 is 1.54 bits per heavy atom. The first-order valence-corrected chi connectivity index (χ1v) is 10.5. The molecule has 1 aromatic carbocycles. The highest BCUT2D eigenvalue weighted by Gasteiger charge is 2.48. The zero-order valence-corrected chi connectivity index (χ0v) is 20.0. The lowest BCUT2D eigenvalue weighted by Crippen LogP contribution is -2.45. The second kappa shape index (κ2) is 13.3.